The summed E-state index contributed by atoms with van der Waals surface area (Å²) in [6.07, 6.45) is 4.03. The van der Waals surface area contributed by atoms with E-state index in [1.807, 2.05) is 19.2 Å². The first-order valence-electron chi connectivity index (χ1n) is 6.63. The van der Waals surface area contributed by atoms with E-state index in [1.165, 1.54) is 5.56 Å². The number of hydrogen-bond donors (Lipinski definition) is 1. The van der Waals surface area contributed by atoms with E-state index in [0.717, 1.165) is 25.3 Å². The summed E-state index contributed by atoms with van der Waals surface area (Å²) in [7, 11) is 2.10. The summed E-state index contributed by atoms with van der Waals surface area (Å²) in [5, 5.41) is 0. The number of nitrogens with two attached hydrogens (primary N) is 1. The molecule has 0 amide bonds. The molecule has 1 aromatic heterocycles. The molecule has 2 N–H and O–H groups in total. The van der Waals surface area contributed by atoms with Gasteiger partial charge in [0.25, 0.3) is 0 Å². The minimum atomic E-state index is 0.151. The highest BCUT2D eigenvalue weighted by Gasteiger charge is 2.29. The van der Waals surface area contributed by atoms with Gasteiger partial charge in [0, 0.05) is 25.9 Å². The van der Waals surface area contributed by atoms with Crippen molar-refractivity contribution in [3.8, 4) is 0 Å². The van der Waals surface area contributed by atoms with Crippen LogP contribution in [0.3, 0.4) is 0 Å². The molecule has 1 fully saturated rings. The summed E-state index contributed by atoms with van der Waals surface area (Å²) in [5.41, 5.74) is 7.12. The third kappa shape index (κ3) is 2.82. The van der Waals surface area contributed by atoms with E-state index in [9.17, 15) is 0 Å². The molecule has 0 aromatic carbocycles. The van der Waals surface area contributed by atoms with Crippen molar-refractivity contribution in [3.63, 3.8) is 0 Å². The van der Waals surface area contributed by atoms with Crippen LogP contribution < -0.4 is 10.6 Å². The van der Waals surface area contributed by atoms with Crippen molar-refractivity contribution in [2.45, 2.75) is 44.9 Å². The Kier molecular flexibility index (Phi) is 4.19. The van der Waals surface area contributed by atoms with E-state index >= 15 is 0 Å². The fraction of sp³-hybridized carbons (Fsp3) is 0.643. The minimum Gasteiger partial charge on any atom is -0.376 e. The van der Waals surface area contributed by atoms with Crippen molar-refractivity contribution in [2.75, 3.05) is 18.6 Å². The number of ether oxygens (including phenoxy) is 1. The van der Waals surface area contributed by atoms with Gasteiger partial charge in [0.1, 0.15) is 5.82 Å². The van der Waals surface area contributed by atoms with Crippen LogP contribution in [0.25, 0.3) is 0 Å². The van der Waals surface area contributed by atoms with Gasteiger partial charge in [0.15, 0.2) is 0 Å². The molecule has 0 radical (unpaired) electrons. The van der Waals surface area contributed by atoms with Gasteiger partial charge in [0.2, 0.25) is 0 Å². The number of aromatic nitrogens is 1. The van der Waals surface area contributed by atoms with Gasteiger partial charge in [-0.2, -0.15) is 0 Å². The maximum Gasteiger partial charge on any atom is 0.131 e. The van der Waals surface area contributed by atoms with Gasteiger partial charge in [-0.3, -0.25) is 0 Å². The Morgan fingerprint density at radius 1 is 1.61 bits per heavy atom. The number of rotatable bonds is 4. The smallest absolute Gasteiger partial charge is 0.131 e. The van der Waals surface area contributed by atoms with Gasteiger partial charge in [-0.15, -0.1) is 0 Å². The molecule has 100 valence electrons. The molecule has 1 aliphatic heterocycles. The predicted molar refractivity (Wildman–Crippen MR) is 73.8 cm³/mol. The van der Waals surface area contributed by atoms with Crippen molar-refractivity contribution >= 4 is 5.82 Å². The maximum absolute atomic E-state index is 5.90. The van der Waals surface area contributed by atoms with Crippen molar-refractivity contribution in [1.82, 2.24) is 4.98 Å². The Morgan fingerprint density at radius 2 is 2.39 bits per heavy atom. The number of nitrogens with zero attached hydrogens (tertiary/aromatic N) is 2. The first kappa shape index (κ1) is 13.3. The van der Waals surface area contributed by atoms with Crippen LogP contribution >= 0.6 is 0 Å². The SMILES string of the molecule is CC(N)Cc1cccnc1N(C)C1CCOC1C. The van der Waals surface area contributed by atoms with E-state index < -0.39 is 0 Å². The molecule has 0 saturated carbocycles. The quantitative estimate of drug-likeness (QED) is 0.880. The predicted octanol–water partition coefficient (Wildman–Crippen LogP) is 1.58. The molecule has 1 saturated heterocycles. The van der Waals surface area contributed by atoms with Crippen LogP contribution in [0.5, 0.6) is 0 Å². The van der Waals surface area contributed by atoms with Gasteiger partial charge in [-0.25, -0.2) is 4.98 Å². The Morgan fingerprint density at radius 3 is 3.00 bits per heavy atom. The van der Waals surface area contributed by atoms with E-state index in [1.54, 1.807) is 0 Å². The zero-order valence-corrected chi connectivity index (χ0v) is 11.5. The standard InChI is InChI=1S/C14H23N3O/c1-10(15)9-12-5-4-7-16-14(12)17(3)13-6-8-18-11(13)2/h4-5,7,10-11,13H,6,8-9,15H2,1-3H3. The molecular weight excluding hydrogens is 226 g/mol. The molecule has 1 aromatic rings. The lowest BCUT2D eigenvalue weighted by Crippen LogP contribution is -2.38. The van der Waals surface area contributed by atoms with Crippen LogP contribution in [0.15, 0.2) is 18.3 Å². The zero-order valence-electron chi connectivity index (χ0n) is 11.5. The van der Waals surface area contributed by atoms with Crippen molar-refractivity contribution in [3.05, 3.63) is 23.9 Å². The summed E-state index contributed by atoms with van der Waals surface area (Å²) < 4.78 is 5.63. The van der Waals surface area contributed by atoms with Crippen LogP contribution in [-0.2, 0) is 11.2 Å². The summed E-state index contributed by atoms with van der Waals surface area (Å²) in [6, 6.07) is 4.65. The second kappa shape index (κ2) is 5.67. The fourth-order valence-corrected chi connectivity index (χ4v) is 2.64. The Hall–Kier alpha value is -1.13. The Balaban J connectivity index is 2.21. The third-order valence-electron chi connectivity index (χ3n) is 3.58. The maximum atomic E-state index is 5.90. The summed E-state index contributed by atoms with van der Waals surface area (Å²) in [4.78, 5) is 6.77. The molecule has 0 bridgehead atoms. The lowest BCUT2D eigenvalue weighted by molar-refractivity contribution is 0.118. The van der Waals surface area contributed by atoms with Crippen molar-refractivity contribution in [2.24, 2.45) is 5.73 Å². The highest BCUT2D eigenvalue weighted by atomic mass is 16.5. The monoisotopic (exact) mass is 249 g/mol. The highest BCUT2D eigenvalue weighted by Crippen LogP contribution is 2.25. The number of likely N-dealkylation sites (N-methyl/N-ethyl adjacent to an activating group) is 1. The molecule has 4 nitrogen and oxygen atoms in total. The summed E-state index contributed by atoms with van der Waals surface area (Å²) in [5.74, 6) is 1.04. The average molecular weight is 249 g/mol. The Bertz CT molecular complexity index is 394. The fourth-order valence-electron chi connectivity index (χ4n) is 2.64. The average Bonchev–Trinajstić information content (AvgIpc) is 2.74. The molecule has 18 heavy (non-hydrogen) atoms. The largest absolute Gasteiger partial charge is 0.376 e. The topological polar surface area (TPSA) is 51.4 Å². The van der Waals surface area contributed by atoms with Gasteiger partial charge >= 0.3 is 0 Å². The van der Waals surface area contributed by atoms with E-state index in [0.29, 0.717) is 6.04 Å². The normalized spacial score (nSPS) is 25.1. The third-order valence-corrected chi connectivity index (χ3v) is 3.58. The highest BCUT2D eigenvalue weighted by molar-refractivity contribution is 5.47. The molecule has 3 unspecified atom stereocenters. The number of hydrogen-bond acceptors (Lipinski definition) is 4. The second-order valence-electron chi connectivity index (χ2n) is 5.21. The van der Waals surface area contributed by atoms with Crippen LogP contribution in [-0.4, -0.2) is 36.8 Å². The summed E-state index contributed by atoms with van der Waals surface area (Å²) >= 11 is 0. The van der Waals surface area contributed by atoms with Crippen molar-refractivity contribution < 1.29 is 4.74 Å². The van der Waals surface area contributed by atoms with Crippen LogP contribution in [0.1, 0.15) is 25.8 Å². The van der Waals surface area contributed by atoms with Gasteiger partial charge < -0.3 is 15.4 Å². The van der Waals surface area contributed by atoms with Crippen molar-refractivity contribution in [1.29, 1.82) is 0 Å². The van der Waals surface area contributed by atoms with Gasteiger partial charge in [0.05, 0.1) is 12.1 Å². The molecule has 0 aliphatic carbocycles. The lowest BCUT2D eigenvalue weighted by atomic mass is 10.1. The number of pyridine rings is 1. The van der Waals surface area contributed by atoms with Crippen LogP contribution in [0.4, 0.5) is 5.82 Å². The minimum absolute atomic E-state index is 0.151. The van der Waals surface area contributed by atoms with E-state index in [2.05, 4.69) is 29.9 Å². The van der Waals surface area contributed by atoms with E-state index in [-0.39, 0.29) is 12.1 Å². The van der Waals surface area contributed by atoms with E-state index in [4.69, 9.17) is 10.5 Å². The molecule has 0 spiro atoms. The van der Waals surface area contributed by atoms with Crippen LogP contribution in [0.2, 0.25) is 0 Å². The first-order chi connectivity index (χ1) is 8.59. The molecule has 1 aliphatic rings. The number of anilines is 1. The van der Waals surface area contributed by atoms with Crippen LogP contribution in [0, 0.1) is 0 Å². The molecule has 3 atom stereocenters. The van der Waals surface area contributed by atoms with Gasteiger partial charge in [-0.1, -0.05) is 6.07 Å². The molecular formula is C14H23N3O. The van der Waals surface area contributed by atoms with Gasteiger partial charge in [-0.05, 0) is 38.3 Å². The lowest BCUT2D eigenvalue weighted by Gasteiger charge is -2.29. The Labute approximate surface area is 109 Å². The summed E-state index contributed by atoms with van der Waals surface area (Å²) in [6.45, 7) is 4.99. The zero-order chi connectivity index (χ0) is 13.1. The first-order valence-corrected chi connectivity index (χ1v) is 6.63. The molecule has 2 heterocycles. The second-order valence-corrected chi connectivity index (χ2v) is 5.21. The molecule has 2 rings (SSSR count). The molecule has 4 heteroatoms.